The summed E-state index contributed by atoms with van der Waals surface area (Å²) in [7, 11) is 1.81. The second kappa shape index (κ2) is 4.64. The molecule has 8 heteroatoms. The monoisotopic (exact) mass is 235 g/mol. The van der Waals surface area contributed by atoms with Crippen molar-refractivity contribution in [2.45, 2.75) is 0 Å². The zero-order valence-corrected chi connectivity index (χ0v) is 9.34. The Kier molecular flexibility index (Phi) is 3.03. The number of primary amides is 1. The summed E-state index contributed by atoms with van der Waals surface area (Å²) in [4.78, 5) is 18.7. The number of nitrogens with two attached hydrogens (primary N) is 1. The number of nitrogens with zero attached hydrogens (tertiary/aromatic N) is 4. The third-order valence-corrected chi connectivity index (χ3v) is 2.25. The zero-order chi connectivity index (χ0) is 12.3. The van der Waals surface area contributed by atoms with Crippen LogP contribution in [-0.2, 0) is 7.05 Å². The van der Waals surface area contributed by atoms with Gasteiger partial charge in [0.1, 0.15) is 12.1 Å². The van der Waals surface area contributed by atoms with Crippen LogP contribution in [0, 0.1) is 0 Å². The van der Waals surface area contributed by atoms with Crippen LogP contribution in [-0.4, -0.2) is 38.9 Å². The summed E-state index contributed by atoms with van der Waals surface area (Å²) in [5.74, 6) is 0.689. The van der Waals surface area contributed by atoms with Crippen molar-refractivity contribution in [2.24, 2.45) is 12.8 Å². The minimum absolute atomic E-state index is 0.432. The first kappa shape index (κ1) is 11.1. The molecule has 0 spiro atoms. The Morgan fingerprint density at radius 2 is 2.29 bits per heavy atom. The van der Waals surface area contributed by atoms with E-state index < -0.39 is 6.03 Å². The topological polar surface area (TPSA) is 111 Å². The number of carbonyl (C=O) groups excluding carboxylic acids is 1. The Morgan fingerprint density at radius 3 is 3.06 bits per heavy atom. The van der Waals surface area contributed by atoms with Gasteiger partial charge in [0, 0.05) is 20.1 Å². The van der Waals surface area contributed by atoms with Crippen LogP contribution in [0.3, 0.4) is 0 Å². The molecule has 4 N–H and O–H groups in total. The minimum Gasteiger partial charge on any atom is -0.368 e. The van der Waals surface area contributed by atoms with E-state index in [9.17, 15) is 4.79 Å². The Balaban J connectivity index is 2.06. The Bertz CT molecular complexity index is 535. The van der Waals surface area contributed by atoms with Crippen molar-refractivity contribution in [3.63, 3.8) is 0 Å². The van der Waals surface area contributed by atoms with Crippen LogP contribution in [0.2, 0.25) is 0 Å². The number of nitrogens with one attached hydrogen (secondary N) is 2. The fourth-order valence-corrected chi connectivity index (χ4v) is 1.47. The normalized spacial score (nSPS) is 10.4. The lowest BCUT2D eigenvalue weighted by Gasteiger charge is -2.06. The van der Waals surface area contributed by atoms with Gasteiger partial charge in [0.05, 0.1) is 11.6 Å². The molecule has 2 heterocycles. The maximum atomic E-state index is 10.5. The molecule has 8 nitrogen and oxygen atoms in total. The van der Waals surface area contributed by atoms with Crippen molar-refractivity contribution < 1.29 is 4.79 Å². The quantitative estimate of drug-likeness (QED) is 0.615. The molecular weight excluding hydrogens is 222 g/mol. The molecular formula is C9H13N7O. The lowest BCUT2D eigenvalue weighted by Crippen LogP contribution is -2.33. The molecule has 2 aromatic rings. The molecule has 2 rings (SSSR count). The molecule has 0 atom stereocenters. The predicted molar refractivity (Wildman–Crippen MR) is 62.4 cm³/mol. The van der Waals surface area contributed by atoms with E-state index in [2.05, 4.69) is 25.7 Å². The van der Waals surface area contributed by atoms with E-state index in [1.807, 2.05) is 7.05 Å². The molecule has 2 aromatic heterocycles. The van der Waals surface area contributed by atoms with Crippen molar-refractivity contribution in [2.75, 3.05) is 18.4 Å². The van der Waals surface area contributed by atoms with E-state index in [4.69, 9.17) is 5.73 Å². The van der Waals surface area contributed by atoms with Gasteiger partial charge in [-0.2, -0.15) is 5.10 Å². The molecule has 0 radical (unpaired) electrons. The van der Waals surface area contributed by atoms with E-state index in [0.29, 0.717) is 18.9 Å². The lowest BCUT2D eigenvalue weighted by molar-refractivity contribution is 0.249. The number of amides is 2. The summed E-state index contributed by atoms with van der Waals surface area (Å²) in [6.07, 6.45) is 3.16. The summed E-state index contributed by atoms with van der Waals surface area (Å²) in [6, 6.07) is -0.541. The van der Waals surface area contributed by atoms with E-state index in [1.54, 1.807) is 10.9 Å². The first-order chi connectivity index (χ1) is 8.18. The van der Waals surface area contributed by atoms with Crippen molar-refractivity contribution in [3.8, 4) is 0 Å². The molecule has 0 aliphatic heterocycles. The number of hydrogen-bond donors (Lipinski definition) is 3. The Morgan fingerprint density at radius 1 is 1.47 bits per heavy atom. The smallest absolute Gasteiger partial charge is 0.312 e. The van der Waals surface area contributed by atoms with Crippen LogP contribution in [0.4, 0.5) is 10.6 Å². The molecule has 0 aliphatic carbocycles. The van der Waals surface area contributed by atoms with Crippen molar-refractivity contribution in [3.05, 3.63) is 12.5 Å². The van der Waals surface area contributed by atoms with Crippen LogP contribution < -0.4 is 16.4 Å². The Hall–Kier alpha value is -2.38. The van der Waals surface area contributed by atoms with E-state index in [-0.39, 0.29) is 0 Å². The highest BCUT2D eigenvalue weighted by Gasteiger charge is 2.06. The first-order valence-corrected chi connectivity index (χ1v) is 5.08. The van der Waals surface area contributed by atoms with Crippen molar-refractivity contribution in [1.82, 2.24) is 25.1 Å². The number of aromatic nitrogens is 4. The number of aryl methyl sites for hydroxylation is 1. The first-order valence-electron chi connectivity index (χ1n) is 5.08. The van der Waals surface area contributed by atoms with Gasteiger partial charge >= 0.3 is 6.03 Å². The van der Waals surface area contributed by atoms with Gasteiger partial charge in [0.25, 0.3) is 0 Å². The summed E-state index contributed by atoms with van der Waals surface area (Å²) < 4.78 is 1.67. The van der Waals surface area contributed by atoms with Crippen LogP contribution in [0.1, 0.15) is 0 Å². The molecule has 0 aromatic carbocycles. The number of carbonyl (C=O) groups is 1. The molecule has 0 fully saturated rings. The molecule has 0 bridgehead atoms. The summed E-state index contributed by atoms with van der Waals surface area (Å²) in [5.41, 5.74) is 5.70. The molecule has 0 unspecified atom stereocenters. The van der Waals surface area contributed by atoms with Gasteiger partial charge in [-0.05, 0) is 0 Å². The van der Waals surface area contributed by atoms with Gasteiger partial charge in [0.2, 0.25) is 0 Å². The SMILES string of the molecule is Cn1ncc2c(NCCNC(N)=O)ncnc21. The van der Waals surface area contributed by atoms with Gasteiger partial charge in [0.15, 0.2) is 5.65 Å². The highest BCUT2D eigenvalue weighted by molar-refractivity contribution is 5.85. The number of anilines is 1. The third-order valence-electron chi connectivity index (χ3n) is 2.25. The lowest BCUT2D eigenvalue weighted by atomic mass is 10.4. The van der Waals surface area contributed by atoms with Gasteiger partial charge in [-0.1, -0.05) is 0 Å². The maximum absolute atomic E-state index is 10.5. The average molecular weight is 235 g/mol. The third kappa shape index (κ3) is 2.41. The van der Waals surface area contributed by atoms with Gasteiger partial charge < -0.3 is 16.4 Å². The Labute approximate surface area is 97.2 Å². The van der Waals surface area contributed by atoms with Crippen LogP contribution in [0.25, 0.3) is 11.0 Å². The fraction of sp³-hybridized carbons (Fsp3) is 0.333. The van der Waals surface area contributed by atoms with Crippen molar-refractivity contribution in [1.29, 1.82) is 0 Å². The standard InChI is InChI=1S/C9H13N7O/c1-16-8-6(4-15-16)7(13-5-14-8)11-2-3-12-9(10)17/h4-5H,2-3H2,1H3,(H3,10,12,17)(H,11,13,14). The summed E-state index contributed by atoms with van der Waals surface area (Å²) in [5, 5.41) is 10.5. The zero-order valence-electron chi connectivity index (χ0n) is 9.34. The molecule has 0 saturated heterocycles. The summed E-state index contributed by atoms with van der Waals surface area (Å²) in [6.45, 7) is 0.963. The van der Waals surface area contributed by atoms with Crippen LogP contribution in [0.15, 0.2) is 12.5 Å². The molecule has 17 heavy (non-hydrogen) atoms. The van der Waals surface area contributed by atoms with Gasteiger partial charge in [-0.25, -0.2) is 14.8 Å². The minimum atomic E-state index is -0.541. The molecule has 0 aliphatic rings. The number of urea groups is 1. The van der Waals surface area contributed by atoms with Crippen LogP contribution in [0.5, 0.6) is 0 Å². The summed E-state index contributed by atoms with van der Waals surface area (Å²) >= 11 is 0. The van der Waals surface area contributed by atoms with Gasteiger partial charge in [-0.3, -0.25) is 4.68 Å². The van der Waals surface area contributed by atoms with E-state index in [0.717, 1.165) is 11.0 Å². The highest BCUT2D eigenvalue weighted by atomic mass is 16.2. The van der Waals surface area contributed by atoms with Gasteiger partial charge in [-0.15, -0.1) is 0 Å². The number of rotatable bonds is 4. The van der Waals surface area contributed by atoms with Crippen molar-refractivity contribution >= 4 is 22.9 Å². The maximum Gasteiger partial charge on any atom is 0.312 e. The second-order valence-electron chi connectivity index (χ2n) is 3.45. The number of hydrogen-bond acceptors (Lipinski definition) is 5. The fourth-order valence-electron chi connectivity index (χ4n) is 1.47. The van der Waals surface area contributed by atoms with E-state index >= 15 is 0 Å². The van der Waals surface area contributed by atoms with Crippen LogP contribution >= 0.6 is 0 Å². The average Bonchev–Trinajstić information content (AvgIpc) is 2.67. The largest absolute Gasteiger partial charge is 0.368 e. The second-order valence-corrected chi connectivity index (χ2v) is 3.45. The molecule has 90 valence electrons. The number of fused-ring (bicyclic) bond motifs is 1. The predicted octanol–water partition coefficient (Wildman–Crippen LogP) is -0.556. The molecule has 2 amide bonds. The highest BCUT2D eigenvalue weighted by Crippen LogP contribution is 2.16. The molecule has 0 saturated carbocycles. The van der Waals surface area contributed by atoms with E-state index in [1.165, 1.54) is 6.33 Å².